The molecule has 3 heteroatoms. The van der Waals surface area contributed by atoms with Gasteiger partial charge in [0.05, 0.1) is 6.10 Å². The van der Waals surface area contributed by atoms with Crippen molar-refractivity contribution < 1.29 is 5.11 Å². The Labute approximate surface area is 86.5 Å². The van der Waals surface area contributed by atoms with Crippen LogP contribution in [0.15, 0.2) is 0 Å². The predicted octanol–water partition coefficient (Wildman–Crippen LogP) is 0.584. The van der Waals surface area contributed by atoms with Crippen LogP contribution >= 0.6 is 0 Å². The smallest absolute Gasteiger partial charge is 0.0667 e. The number of nitrogens with zero attached hydrogens (tertiary/aromatic N) is 1. The molecule has 2 fully saturated rings. The van der Waals surface area contributed by atoms with Gasteiger partial charge in [0.15, 0.2) is 0 Å². The third-order valence-corrected chi connectivity index (χ3v) is 3.70. The molecule has 0 saturated carbocycles. The molecule has 2 saturated heterocycles. The molecule has 82 valence electrons. The zero-order valence-electron chi connectivity index (χ0n) is 9.29. The van der Waals surface area contributed by atoms with Crippen molar-refractivity contribution in [2.24, 2.45) is 0 Å². The number of likely N-dealkylation sites (tertiary alicyclic amines) is 1. The maximum absolute atomic E-state index is 9.65. The predicted molar refractivity (Wildman–Crippen MR) is 57.3 cm³/mol. The van der Waals surface area contributed by atoms with Crippen molar-refractivity contribution in [2.45, 2.75) is 50.8 Å². The Balaban J connectivity index is 2.00. The molecule has 0 spiro atoms. The van der Waals surface area contributed by atoms with Gasteiger partial charge in [-0.1, -0.05) is 0 Å². The van der Waals surface area contributed by atoms with Gasteiger partial charge >= 0.3 is 0 Å². The minimum absolute atomic E-state index is 0.0971. The zero-order chi connectivity index (χ0) is 10.2. The lowest BCUT2D eigenvalue weighted by Crippen LogP contribution is -2.54. The van der Waals surface area contributed by atoms with E-state index >= 15 is 0 Å². The molecule has 0 amide bonds. The number of hydrogen-bond acceptors (Lipinski definition) is 3. The van der Waals surface area contributed by atoms with Crippen molar-refractivity contribution in [3.8, 4) is 0 Å². The summed E-state index contributed by atoms with van der Waals surface area (Å²) in [5, 5.41) is 13.2. The molecule has 2 heterocycles. The van der Waals surface area contributed by atoms with E-state index in [1.165, 1.54) is 6.42 Å². The number of piperidine rings is 1. The summed E-state index contributed by atoms with van der Waals surface area (Å²) in [5.41, 5.74) is 0.219. The molecular formula is C11H22N2O. The first kappa shape index (κ1) is 10.4. The summed E-state index contributed by atoms with van der Waals surface area (Å²) >= 11 is 0. The van der Waals surface area contributed by atoms with Crippen LogP contribution in [0.25, 0.3) is 0 Å². The number of rotatable bonds is 1. The molecule has 14 heavy (non-hydrogen) atoms. The van der Waals surface area contributed by atoms with E-state index in [-0.39, 0.29) is 11.6 Å². The third kappa shape index (κ3) is 1.95. The van der Waals surface area contributed by atoms with Gasteiger partial charge in [0.2, 0.25) is 0 Å². The fourth-order valence-electron chi connectivity index (χ4n) is 2.92. The van der Waals surface area contributed by atoms with Crippen LogP contribution in [0, 0.1) is 0 Å². The average Bonchev–Trinajstić information content (AvgIpc) is 2.45. The van der Waals surface area contributed by atoms with Gasteiger partial charge in [0.1, 0.15) is 0 Å². The van der Waals surface area contributed by atoms with Crippen LogP contribution in [0.2, 0.25) is 0 Å². The van der Waals surface area contributed by atoms with Crippen LogP contribution in [-0.2, 0) is 0 Å². The van der Waals surface area contributed by atoms with Crippen molar-refractivity contribution in [1.82, 2.24) is 10.2 Å². The summed E-state index contributed by atoms with van der Waals surface area (Å²) in [6.07, 6.45) is 3.25. The number of hydrogen-bond donors (Lipinski definition) is 2. The topological polar surface area (TPSA) is 35.5 Å². The second-order valence-electron chi connectivity index (χ2n) is 5.24. The monoisotopic (exact) mass is 198 g/mol. The van der Waals surface area contributed by atoms with Crippen LogP contribution in [0.1, 0.15) is 33.1 Å². The Morgan fingerprint density at radius 3 is 2.71 bits per heavy atom. The Morgan fingerprint density at radius 1 is 1.36 bits per heavy atom. The van der Waals surface area contributed by atoms with Gasteiger partial charge in [-0.05, 0) is 46.2 Å². The van der Waals surface area contributed by atoms with Crippen molar-refractivity contribution >= 4 is 0 Å². The van der Waals surface area contributed by atoms with E-state index in [9.17, 15) is 5.11 Å². The summed E-state index contributed by atoms with van der Waals surface area (Å²) in [7, 11) is 0. The quantitative estimate of drug-likeness (QED) is 0.647. The Kier molecular flexibility index (Phi) is 2.82. The van der Waals surface area contributed by atoms with Crippen LogP contribution in [0.4, 0.5) is 0 Å². The van der Waals surface area contributed by atoms with Gasteiger partial charge in [0, 0.05) is 18.1 Å². The summed E-state index contributed by atoms with van der Waals surface area (Å²) in [5.74, 6) is 0. The molecule has 2 aliphatic heterocycles. The van der Waals surface area contributed by atoms with E-state index in [2.05, 4.69) is 24.1 Å². The standard InChI is InChI=1S/C11H22N2O/c1-11(2)10(5-6-12-11)13-7-3-4-9(14)8-13/h9-10,12,14H,3-8H2,1-2H3/t9-,10-/m1/s1. The Bertz CT molecular complexity index is 205. The van der Waals surface area contributed by atoms with Crippen molar-refractivity contribution in [3.63, 3.8) is 0 Å². The first-order valence-electron chi connectivity index (χ1n) is 5.77. The summed E-state index contributed by atoms with van der Waals surface area (Å²) in [6, 6.07) is 0.609. The second-order valence-corrected chi connectivity index (χ2v) is 5.24. The van der Waals surface area contributed by atoms with Crippen LogP contribution in [0.5, 0.6) is 0 Å². The van der Waals surface area contributed by atoms with E-state index < -0.39 is 0 Å². The molecule has 0 aromatic heterocycles. The SMILES string of the molecule is CC1(C)NCC[C@H]1N1CCC[C@@H](O)C1. The van der Waals surface area contributed by atoms with Crippen LogP contribution < -0.4 is 5.32 Å². The molecule has 0 unspecified atom stereocenters. The first-order valence-corrected chi connectivity index (χ1v) is 5.77. The van der Waals surface area contributed by atoms with Crippen molar-refractivity contribution in [2.75, 3.05) is 19.6 Å². The van der Waals surface area contributed by atoms with E-state index in [0.29, 0.717) is 6.04 Å². The Morgan fingerprint density at radius 2 is 2.14 bits per heavy atom. The molecule has 2 atom stereocenters. The van der Waals surface area contributed by atoms with Gasteiger partial charge in [-0.15, -0.1) is 0 Å². The molecular weight excluding hydrogens is 176 g/mol. The van der Waals surface area contributed by atoms with Gasteiger partial charge in [-0.25, -0.2) is 0 Å². The molecule has 2 aliphatic rings. The Hall–Kier alpha value is -0.120. The molecule has 0 bridgehead atoms. The average molecular weight is 198 g/mol. The van der Waals surface area contributed by atoms with E-state index in [1.807, 2.05) is 0 Å². The minimum Gasteiger partial charge on any atom is -0.392 e. The fraction of sp³-hybridized carbons (Fsp3) is 1.00. The second kappa shape index (κ2) is 3.80. The summed E-state index contributed by atoms with van der Waals surface area (Å²) in [6.45, 7) is 7.68. The first-order chi connectivity index (χ1) is 6.59. The van der Waals surface area contributed by atoms with Gasteiger partial charge in [0.25, 0.3) is 0 Å². The van der Waals surface area contributed by atoms with Crippen LogP contribution in [0.3, 0.4) is 0 Å². The largest absolute Gasteiger partial charge is 0.392 e. The highest BCUT2D eigenvalue weighted by atomic mass is 16.3. The normalized spacial score (nSPS) is 38.8. The molecule has 0 aromatic carbocycles. The highest BCUT2D eigenvalue weighted by Crippen LogP contribution is 2.26. The third-order valence-electron chi connectivity index (χ3n) is 3.70. The van der Waals surface area contributed by atoms with Crippen LogP contribution in [-0.4, -0.2) is 47.3 Å². The number of nitrogens with one attached hydrogen (secondary N) is 1. The molecule has 2 N–H and O–H groups in total. The highest BCUT2D eigenvalue weighted by Gasteiger charge is 2.39. The number of β-amino-alcohol motifs (C(OH)–C–C–N with tert-alkyl or cyclic N) is 1. The fourth-order valence-corrected chi connectivity index (χ4v) is 2.92. The maximum atomic E-state index is 9.65. The van der Waals surface area contributed by atoms with E-state index in [1.54, 1.807) is 0 Å². The highest BCUT2D eigenvalue weighted by molar-refractivity contribution is 4.99. The van der Waals surface area contributed by atoms with Gasteiger partial charge in [-0.3, -0.25) is 4.90 Å². The molecule has 0 radical (unpaired) electrons. The molecule has 2 rings (SSSR count). The minimum atomic E-state index is -0.0971. The lowest BCUT2D eigenvalue weighted by Gasteiger charge is -2.40. The molecule has 0 aromatic rings. The van der Waals surface area contributed by atoms with E-state index in [0.717, 1.165) is 32.5 Å². The zero-order valence-corrected chi connectivity index (χ0v) is 9.29. The number of aliphatic hydroxyl groups is 1. The van der Waals surface area contributed by atoms with Crippen molar-refractivity contribution in [3.05, 3.63) is 0 Å². The summed E-state index contributed by atoms with van der Waals surface area (Å²) in [4.78, 5) is 2.47. The lowest BCUT2D eigenvalue weighted by atomic mass is 9.93. The van der Waals surface area contributed by atoms with Gasteiger partial charge in [-0.2, -0.15) is 0 Å². The maximum Gasteiger partial charge on any atom is 0.0667 e. The van der Waals surface area contributed by atoms with Gasteiger partial charge < -0.3 is 10.4 Å². The van der Waals surface area contributed by atoms with E-state index in [4.69, 9.17) is 0 Å². The van der Waals surface area contributed by atoms with Crippen molar-refractivity contribution in [1.29, 1.82) is 0 Å². The summed E-state index contributed by atoms with van der Waals surface area (Å²) < 4.78 is 0. The molecule has 3 nitrogen and oxygen atoms in total. The number of aliphatic hydroxyl groups excluding tert-OH is 1. The lowest BCUT2D eigenvalue weighted by molar-refractivity contribution is 0.0328. The molecule has 0 aliphatic carbocycles.